The van der Waals surface area contributed by atoms with Gasteiger partial charge in [0.05, 0.1) is 18.2 Å². The molecule has 0 amide bonds. The standard InChI is InChI=1S/C27H23ClFNO2/c1-3-7-21-14-20(15-22(17-30)24-8-5-6-9-25(24)29)16-26(31-4-2)27(21)32-18-19-10-12-23(28)13-11-19/h3,5-6,8-16H,1,4,7,18H2,2H3/b22-15-. The van der Waals surface area contributed by atoms with E-state index in [0.29, 0.717) is 41.7 Å². The maximum atomic E-state index is 14.2. The number of nitrogens with zero attached hydrogens (tertiary/aromatic N) is 1. The van der Waals surface area contributed by atoms with Crippen molar-refractivity contribution in [1.29, 1.82) is 5.26 Å². The van der Waals surface area contributed by atoms with Gasteiger partial charge in [0, 0.05) is 16.1 Å². The van der Waals surface area contributed by atoms with Gasteiger partial charge in [-0.1, -0.05) is 48.0 Å². The van der Waals surface area contributed by atoms with Crippen molar-refractivity contribution in [3.05, 3.63) is 106 Å². The Kier molecular flexibility index (Phi) is 8.08. The number of nitriles is 1. The lowest BCUT2D eigenvalue weighted by Crippen LogP contribution is -2.03. The summed E-state index contributed by atoms with van der Waals surface area (Å²) in [7, 11) is 0. The average Bonchev–Trinajstić information content (AvgIpc) is 2.79. The monoisotopic (exact) mass is 447 g/mol. The van der Waals surface area contributed by atoms with Crippen LogP contribution in [-0.2, 0) is 13.0 Å². The summed E-state index contributed by atoms with van der Waals surface area (Å²) < 4.78 is 26.2. The Morgan fingerprint density at radius 3 is 2.53 bits per heavy atom. The number of allylic oxidation sites excluding steroid dienone is 2. The molecule has 0 atom stereocenters. The van der Waals surface area contributed by atoms with Crippen molar-refractivity contribution in [2.75, 3.05) is 6.61 Å². The molecule has 0 spiro atoms. The van der Waals surface area contributed by atoms with E-state index in [-0.39, 0.29) is 11.1 Å². The Bertz CT molecular complexity index is 1160. The maximum Gasteiger partial charge on any atom is 0.165 e. The highest BCUT2D eigenvalue weighted by Gasteiger charge is 2.15. The van der Waals surface area contributed by atoms with E-state index in [0.717, 1.165) is 11.1 Å². The molecule has 0 bridgehead atoms. The molecule has 0 N–H and O–H groups in total. The van der Waals surface area contributed by atoms with Gasteiger partial charge >= 0.3 is 0 Å². The predicted molar refractivity (Wildman–Crippen MR) is 127 cm³/mol. The van der Waals surface area contributed by atoms with Crippen molar-refractivity contribution in [3.63, 3.8) is 0 Å². The highest BCUT2D eigenvalue weighted by Crippen LogP contribution is 2.36. The zero-order valence-electron chi connectivity index (χ0n) is 17.8. The van der Waals surface area contributed by atoms with E-state index in [9.17, 15) is 9.65 Å². The van der Waals surface area contributed by atoms with Gasteiger partial charge in [0.1, 0.15) is 12.4 Å². The van der Waals surface area contributed by atoms with Crippen LogP contribution in [0.5, 0.6) is 11.5 Å². The third-order valence-electron chi connectivity index (χ3n) is 4.71. The van der Waals surface area contributed by atoms with Crippen LogP contribution in [0, 0.1) is 17.1 Å². The van der Waals surface area contributed by atoms with Crippen LogP contribution in [-0.4, -0.2) is 6.61 Å². The number of halogens is 2. The molecule has 0 unspecified atom stereocenters. The second-order valence-corrected chi connectivity index (χ2v) is 7.43. The average molecular weight is 448 g/mol. The van der Waals surface area contributed by atoms with Crippen LogP contribution in [0.1, 0.15) is 29.2 Å². The fraction of sp³-hybridized carbons (Fsp3) is 0.148. The fourth-order valence-corrected chi connectivity index (χ4v) is 3.38. The molecular formula is C27H23ClFNO2. The lowest BCUT2D eigenvalue weighted by atomic mass is 10.0. The van der Waals surface area contributed by atoms with Crippen molar-refractivity contribution in [3.8, 4) is 17.6 Å². The molecule has 0 aliphatic heterocycles. The SMILES string of the molecule is C=CCc1cc(/C=C(/C#N)c2ccccc2F)cc(OCC)c1OCc1ccc(Cl)cc1. The lowest BCUT2D eigenvalue weighted by Gasteiger charge is -2.17. The van der Waals surface area contributed by atoms with Crippen LogP contribution < -0.4 is 9.47 Å². The Balaban J connectivity index is 2.01. The number of hydrogen-bond donors (Lipinski definition) is 0. The maximum absolute atomic E-state index is 14.2. The fourth-order valence-electron chi connectivity index (χ4n) is 3.25. The first-order valence-electron chi connectivity index (χ1n) is 10.2. The summed E-state index contributed by atoms with van der Waals surface area (Å²) in [4.78, 5) is 0. The smallest absolute Gasteiger partial charge is 0.165 e. The second kappa shape index (κ2) is 11.2. The Labute approximate surface area is 193 Å². The molecule has 0 fully saturated rings. The zero-order chi connectivity index (χ0) is 22.9. The van der Waals surface area contributed by atoms with Crippen LogP contribution in [0.25, 0.3) is 11.6 Å². The predicted octanol–water partition coefficient (Wildman–Crippen LogP) is 7.25. The largest absolute Gasteiger partial charge is 0.490 e. The molecule has 5 heteroatoms. The second-order valence-electron chi connectivity index (χ2n) is 7.00. The summed E-state index contributed by atoms with van der Waals surface area (Å²) in [5, 5.41) is 10.3. The van der Waals surface area contributed by atoms with Gasteiger partial charge in [-0.15, -0.1) is 6.58 Å². The van der Waals surface area contributed by atoms with E-state index in [1.165, 1.54) is 6.07 Å². The molecule has 162 valence electrons. The highest BCUT2D eigenvalue weighted by molar-refractivity contribution is 6.30. The number of ether oxygens (including phenoxy) is 2. The first-order valence-corrected chi connectivity index (χ1v) is 10.6. The molecule has 32 heavy (non-hydrogen) atoms. The molecule has 0 saturated heterocycles. The summed E-state index contributed by atoms with van der Waals surface area (Å²) in [6.45, 7) is 6.51. The van der Waals surface area contributed by atoms with Gasteiger partial charge in [0.25, 0.3) is 0 Å². The number of hydrogen-bond acceptors (Lipinski definition) is 3. The van der Waals surface area contributed by atoms with Crippen molar-refractivity contribution in [2.45, 2.75) is 20.0 Å². The summed E-state index contributed by atoms with van der Waals surface area (Å²) in [5.74, 6) is 0.723. The molecule has 0 aliphatic carbocycles. The van der Waals surface area contributed by atoms with E-state index in [4.69, 9.17) is 21.1 Å². The summed E-state index contributed by atoms with van der Waals surface area (Å²) in [5.41, 5.74) is 3.02. The molecule has 3 aromatic carbocycles. The van der Waals surface area contributed by atoms with Gasteiger partial charge in [0.2, 0.25) is 0 Å². The molecule has 0 aromatic heterocycles. The molecule has 3 aromatic rings. The Hall–Kier alpha value is -3.55. The minimum atomic E-state index is -0.445. The first-order chi connectivity index (χ1) is 15.5. The van der Waals surface area contributed by atoms with Crippen LogP contribution >= 0.6 is 11.6 Å². The Morgan fingerprint density at radius 2 is 1.88 bits per heavy atom. The third-order valence-corrected chi connectivity index (χ3v) is 4.96. The van der Waals surface area contributed by atoms with Crippen molar-refractivity contribution in [1.82, 2.24) is 0 Å². The van der Waals surface area contributed by atoms with Gasteiger partial charge in [-0.2, -0.15) is 5.26 Å². The van der Waals surface area contributed by atoms with E-state index in [1.54, 1.807) is 36.4 Å². The van der Waals surface area contributed by atoms with Gasteiger partial charge in [-0.05, 0) is 60.9 Å². The molecule has 0 aliphatic rings. The van der Waals surface area contributed by atoms with Crippen LogP contribution in [0.2, 0.25) is 5.02 Å². The third kappa shape index (κ3) is 5.78. The normalized spacial score (nSPS) is 11.0. The van der Waals surface area contributed by atoms with Gasteiger partial charge in [0.15, 0.2) is 11.5 Å². The lowest BCUT2D eigenvalue weighted by molar-refractivity contribution is 0.267. The topological polar surface area (TPSA) is 42.2 Å². The van der Waals surface area contributed by atoms with Crippen molar-refractivity contribution >= 4 is 23.3 Å². The quantitative estimate of drug-likeness (QED) is 0.197. The van der Waals surface area contributed by atoms with Gasteiger partial charge < -0.3 is 9.47 Å². The van der Waals surface area contributed by atoms with Crippen LogP contribution in [0.4, 0.5) is 4.39 Å². The van der Waals surface area contributed by atoms with E-state index in [2.05, 4.69) is 12.6 Å². The van der Waals surface area contributed by atoms with E-state index in [1.807, 2.05) is 37.3 Å². The molecule has 0 saturated carbocycles. The minimum absolute atomic E-state index is 0.227. The van der Waals surface area contributed by atoms with E-state index < -0.39 is 5.82 Å². The summed E-state index contributed by atoms with van der Waals surface area (Å²) in [6.07, 6.45) is 3.96. The molecular weight excluding hydrogens is 425 g/mol. The molecule has 3 nitrogen and oxygen atoms in total. The minimum Gasteiger partial charge on any atom is -0.490 e. The molecule has 3 rings (SSSR count). The summed E-state index contributed by atoms with van der Waals surface area (Å²) in [6, 6.07) is 19.4. The highest BCUT2D eigenvalue weighted by atomic mass is 35.5. The molecule has 0 heterocycles. The first kappa shape index (κ1) is 23.1. The van der Waals surface area contributed by atoms with Crippen molar-refractivity contribution in [2.24, 2.45) is 0 Å². The Morgan fingerprint density at radius 1 is 1.12 bits per heavy atom. The van der Waals surface area contributed by atoms with E-state index >= 15 is 0 Å². The van der Waals surface area contributed by atoms with Gasteiger partial charge in [-0.3, -0.25) is 0 Å². The summed E-state index contributed by atoms with van der Waals surface area (Å²) >= 11 is 5.96. The van der Waals surface area contributed by atoms with Crippen LogP contribution in [0.15, 0.2) is 73.3 Å². The van der Waals surface area contributed by atoms with Gasteiger partial charge in [-0.25, -0.2) is 4.39 Å². The van der Waals surface area contributed by atoms with Crippen LogP contribution in [0.3, 0.4) is 0 Å². The number of benzene rings is 3. The van der Waals surface area contributed by atoms with Crippen molar-refractivity contribution < 1.29 is 13.9 Å². The zero-order valence-corrected chi connectivity index (χ0v) is 18.5. The molecule has 0 radical (unpaired) electrons. The number of rotatable bonds is 9.